The number of carbonyl (C=O) groups is 1. The van der Waals surface area contributed by atoms with Crippen LogP contribution in [-0.2, 0) is 16.0 Å². The predicted octanol–water partition coefficient (Wildman–Crippen LogP) is 2.71. The molecule has 2 nitrogen and oxygen atoms in total. The Labute approximate surface area is 94.4 Å². The largest absolute Gasteiger partial charge is 0.469 e. The number of hydrogen-bond donors (Lipinski definition) is 0. The zero-order valence-electron chi connectivity index (χ0n) is 9.33. The number of carbonyl (C=O) groups excluding carboxylic acids is 1. The molecule has 86 valence electrons. The van der Waals surface area contributed by atoms with E-state index in [0.29, 0.717) is 6.42 Å². The summed E-state index contributed by atoms with van der Waals surface area (Å²) >= 11 is 0. The van der Waals surface area contributed by atoms with Crippen LogP contribution in [0.2, 0.25) is 0 Å². The van der Waals surface area contributed by atoms with E-state index in [2.05, 4.69) is 0 Å². The first-order valence-corrected chi connectivity index (χ1v) is 5.49. The van der Waals surface area contributed by atoms with Crippen molar-refractivity contribution in [3.8, 4) is 0 Å². The van der Waals surface area contributed by atoms with Crippen molar-refractivity contribution in [2.75, 3.05) is 7.11 Å². The maximum absolute atomic E-state index is 12.7. The molecule has 0 saturated heterocycles. The second-order valence-electron chi connectivity index (χ2n) is 4.43. The van der Waals surface area contributed by atoms with Crippen LogP contribution in [0.1, 0.15) is 24.8 Å². The number of methoxy groups -OCH3 is 1. The second-order valence-corrected chi connectivity index (χ2v) is 4.43. The van der Waals surface area contributed by atoms with Gasteiger partial charge in [0.15, 0.2) is 0 Å². The minimum Gasteiger partial charge on any atom is -0.469 e. The van der Waals surface area contributed by atoms with Gasteiger partial charge in [-0.15, -0.1) is 0 Å². The maximum Gasteiger partial charge on any atom is 0.312 e. The third-order valence-corrected chi connectivity index (χ3v) is 3.38. The Morgan fingerprint density at radius 1 is 1.38 bits per heavy atom. The second kappa shape index (κ2) is 4.24. The molecule has 0 bridgehead atoms. The third-order valence-electron chi connectivity index (χ3n) is 3.38. The smallest absolute Gasteiger partial charge is 0.312 e. The zero-order valence-corrected chi connectivity index (χ0v) is 9.33. The summed E-state index contributed by atoms with van der Waals surface area (Å²) in [6, 6.07) is 6.33. The van der Waals surface area contributed by atoms with Crippen molar-refractivity contribution in [1.82, 2.24) is 0 Å². The van der Waals surface area contributed by atoms with E-state index in [9.17, 15) is 9.18 Å². The normalized spacial score (nSPS) is 17.6. The maximum atomic E-state index is 12.7. The Bertz CT molecular complexity index is 379. The summed E-state index contributed by atoms with van der Waals surface area (Å²) in [7, 11) is 1.42. The van der Waals surface area contributed by atoms with Crippen LogP contribution in [0.4, 0.5) is 4.39 Å². The fourth-order valence-electron chi connectivity index (χ4n) is 2.27. The lowest BCUT2D eigenvalue weighted by Crippen LogP contribution is -2.40. The van der Waals surface area contributed by atoms with Crippen molar-refractivity contribution in [2.24, 2.45) is 5.41 Å². The summed E-state index contributed by atoms with van der Waals surface area (Å²) in [4.78, 5) is 11.7. The van der Waals surface area contributed by atoms with Gasteiger partial charge in [-0.2, -0.15) is 0 Å². The summed E-state index contributed by atoms with van der Waals surface area (Å²) in [5.74, 6) is -0.382. The molecule has 1 saturated carbocycles. The molecule has 1 aliphatic rings. The van der Waals surface area contributed by atoms with Gasteiger partial charge in [0, 0.05) is 0 Å². The van der Waals surface area contributed by atoms with Gasteiger partial charge in [-0.25, -0.2) is 4.39 Å². The molecule has 0 heterocycles. The summed E-state index contributed by atoms with van der Waals surface area (Å²) in [5, 5.41) is 0. The van der Waals surface area contributed by atoms with Gasteiger partial charge in [0.25, 0.3) is 0 Å². The topological polar surface area (TPSA) is 26.3 Å². The van der Waals surface area contributed by atoms with Gasteiger partial charge >= 0.3 is 5.97 Å². The first kappa shape index (κ1) is 11.1. The molecule has 0 radical (unpaired) electrons. The molecule has 0 spiro atoms. The van der Waals surface area contributed by atoms with Crippen LogP contribution >= 0.6 is 0 Å². The molecule has 1 aromatic carbocycles. The summed E-state index contributed by atoms with van der Waals surface area (Å²) in [5.41, 5.74) is 0.638. The van der Waals surface area contributed by atoms with Crippen molar-refractivity contribution in [3.05, 3.63) is 35.6 Å². The summed E-state index contributed by atoms with van der Waals surface area (Å²) in [6.45, 7) is 0. The lowest BCUT2D eigenvalue weighted by molar-refractivity contribution is -0.158. The fourth-order valence-corrected chi connectivity index (χ4v) is 2.27. The van der Waals surface area contributed by atoms with Crippen LogP contribution in [0.15, 0.2) is 24.3 Å². The number of ether oxygens (including phenoxy) is 1. The van der Waals surface area contributed by atoms with E-state index in [1.807, 2.05) is 0 Å². The number of hydrogen-bond acceptors (Lipinski definition) is 2. The Morgan fingerprint density at radius 3 is 2.44 bits per heavy atom. The average Bonchev–Trinajstić information content (AvgIpc) is 2.25. The molecule has 1 aliphatic carbocycles. The van der Waals surface area contributed by atoms with Crippen molar-refractivity contribution in [3.63, 3.8) is 0 Å². The Morgan fingerprint density at radius 2 is 2.00 bits per heavy atom. The van der Waals surface area contributed by atoms with Gasteiger partial charge in [0.05, 0.1) is 12.5 Å². The highest BCUT2D eigenvalue weighted by molar-refractivity contribution is 5.78. The number of halogens is 1. The Balaban J connectivity index is 2.13. The molecule has 1 fully saturated rings. The van der Waals surface area contributed by atoms with Gasteiger partial charge in [-0.3, -0.25) is 4.79 Å². The molecule has 16 heavy (non-hydrogen) atoms. The van der Waals surface area contributed by atoms with Gasteiger partial charge in [0.1, 0.15) is 5.82 Å². The highest BCUT2D eigenvalue weighted by Crippen LogP contribution is 2.44. The van der Waals surface area contributed by atoms with Crippen molar-refractivity contribution >= 4 is 5.97 Å². The van der Waals surface area contributed by atoms with Crippen LogP contribution in [0.3, 0.4) is 0 Å². The van der Waals surface area contributed by atoms with E-state index in [-0.39, 0.29) is 17.2 Å². The van der Waals surface area contributed by atoms with Gasteiger partial charge < -0.3 is 4.74 Å². The highest BCUT2D eigenvalue weighted by Gasteiger charge is 2.45. The predicted molar refractivity (Wildman–Crippen MR) is 58.4 cm³/mol. The third kappa shape index (κ3) is 1.94. The molecule has 0 amide bonds. The van der Waals surface area contributed by atoms with Gasteiger partial charge in [-0.05, 0) is 37.0 Å². The average molecular weight is 222 g/mol. The van der Waals surface area contributed by atoms with Gasteiger partial charge in [-0.1, -0.05) is 18.6 Å². The zero-order chi connectivity index (χ0) is 11.6. The van der Waals surface area contributed by atoms with Crippen LogP contribution in [0, 0.1) is 11.2 Å². The molecule has 2 rings (SSSR count). The van der Waals surface area contributed by atoms with Crippen LogP contribution in [-0.4, -0.2) is 13.1 Å². The molecule has 0 aromatic heterocycles. The minimum atomic E-state index is -0.355. The molecule has 0 unspecified atom stereocenters. The number of esters is 1. The first-order chi connectivity index (χ1) is 7.66. The minimum absolute atomic E-state index is 0.136. The van der Waals surface area contributed by atoms with Crippen LogP contribution in [0.25, 0.3) is 0 Å². The highest BCUT2D eigenvalue weighted by atomic mass is 19.1. The standard InChI is InChI=1S/C13H15FO2/c1-16-12(15)13(7-2-8-13)9-10-3-5-11(14)6-4-10/h3-6H,2,7-9H2,1H3. The molecular formula is C13H15FO2. The molecule has 1 aromatic rings. The van der Waals surface area contributed by atoms with E-state index in [1.165, 1.54) is 19.2 Å². The molecule has 0 N–H and O–H groups in total. The summed E-state index contributed by atoms with van der Waals surface area (Å²) in [6.07, 6.45) is 3.46. The Hall–Kier alpha value is -1.38. The Kier molecular flexibility index (Phi) is 2.95. The van der Waals surface area contributed by atoms with E-state index in [1.54, 1.807) is 12.1 Å². The SMILES string of the molecule is COC(=O)C1(Cc2ccc(F)cc2)CCC1. The number of rotatable bonds is 3. The van der Waals surface area contributed by atoms with Crippen LogP contribution < -0.4 is 0 Å². The molecule has 0 atom stereocenters. The molecular weight excluding hydrogens is 207 g/mol. The van der Waals surface area contributed by atoms with E-state index < -0.39 is 0 Å². The number of benzene rings is 1. The fraction of sp³-hybridized carbons (Fsp3) is 0.462. The lowest BCUT2D eigenvalue weighted by atomic mass is 9.65. The van der Waals surface area contributed by atoms with E-state index in [0.717, 1.165) is 24.8 Å². The molecule has 3 heteroatoms. The summed E-state index contributed by atoms with van der Waals surface area (Å²) < 4.78 is 17.6. The van der Waals surface area contributed by atoms with Crippen molar-refractivity contribution in [1.29, 1.82) is 0 Å². The van der Waals surface area contributed by atoms with E-state index in [4.69, 9.17) is 4.74 Å². The van der Waals surface area contributed by atoms with Crippen molar-refractivity contribution in [2.45, 2.75) is 25.7 Å². The van der Waals surface area contributed by atoms with Crippen LogP contribution in [0.5, 0.6) is 0 Å². The lowest BCUT2D eigenvalue weighted by Gasteiger charge is -2.39. The monoisotopic (exact) mass is 222 g/mol. The quantitative estimate of drug-likeness (QED) is 0.735. The first-order valence-electron chi connectivity index (χ1n) is 5.49. The molecule has 0 aliphatic heterocycles. The van der Waals surface area contributed by atoms with E-state index >= 15 is 0 Å². The van der Waals surface area contributed by atoms with Gasteiger partial charge in [0.2, 0.25) is 0 Å². The van der Waals surface area contributed by atoms with Crippen molar-refractivity contribution < 1.29 is 13.9 Å².